The Labute approximate surface area is 192 Å². The van der Waals surface area contributed by atoms with Gasteiger partial charge in [-0.05, 0) is 57.4 Å². The van der Waals surface area contributed by atoms with Gasteiger partial charge in [0.25, 0.3) is 5.56 Å². The van der Waals surface area contributed by atoms with E-state index in [1.807, 2.05) is 92.6 Å². The zero-order valence-corrected chi connectivity index (χ0v) is 19.0. The summed E-state index contributed by atoms with van der Waals surface area (Å²) in [6, 6.07) is 22.4. The van der Waals surface area contributed by atoms with E-state index in [2.05, 4.69) is 4.98 Å². The van der Waals surface area contributed by atoms with Gasteiger partial charge in [-0.2, -0.15) is 0 Å². The van der Waals surface area contributed by atoms with Crippen molar-refractivity contribution in [1.82, 2.24) is 14.5 Å². The van der Waals surface area contributed by atoms with Crippen LogP contribution in [-0.4, -0.2) is 34.8 Å². The predicted octanol–water partition coefficient (Wildman–Crippen LogP) is 5.51. The highest BCUT2D eigenvalue weighted by atomic mass is 35.5. The first-order chi connectivity index (χ1) is 15.4. The van der Waals surface area contributed by atoms with Crippen molar-refractivity contribution < 1.29 is 4.74 Å². The number of halogens is 1. The van der Waals surface area contributed by atoms with Gasteiger partial charge in [0.1, 0.15) is 12.0 Å². The van der Waals surface area contributed by atoms with Gasteiger partial charge in [-0.1, -0.05) is 41.9 Å². The first-order valence-electron chi connectivity index (χ1n) is 10.3. The van der Waals surface area contributed by atoms with Crippen LogP contribution >= 0.6 is 11.6 Å². The summed E-state index contributed by atoms with van der Waals surface area (Å²) in [5.41, 5.74) is 3.29. The molecule has 0 fully saturated rings. The van der Waals surface area contributed by atoms with E-state index >= 15 is 0 Å². The van der Waals surface area contributed by atoms with Gasteiger partial charge in [-0.15, -0.1) is 0 Å². The largest absolute Gasteiger partial charge is 0.475 e. The Bertz CT molecular complexity index is 1290. The second-order valence-corrected chi connectivity index (χ2v) is 8.10. The lowest BCUT2D eigenvalue weighted by atomic mass is 10.0. The summed E-state index contributed by atoms with van der Waals surface area (Å²) >= 11 is 6.45. The van der Waals surface area contributed by atoms with Gasteiger partial charge in [-0.25, -0.2) is 0 Å². The maximum absolute atomic E-state index is 13.6. The quantitative estimate of drug-likeness (QED) is 0.367. The fourth-order valence-electron chi connectivity index (χ4n) is 3.33. The topological polar surface area (TPSA) is 47.4 Å². The molecule has 0 amide bonds. The molecule has 0 aliphatic heterocycles. The van der Waals surface area contributed by atoms with Gasteiger partial charge in [0, 0.05) is 40.2 Å². The molecule has 4 aromatic rings. The van der Waals surface area contributed by atoms with Gasteiger partial charge in [0.15, 0.2) is 0 Å². The van der Waals surface area contributed by atoms with Crippen LogP contribution in [-0.2, 0) is 0 Å². The van der Waals surface area contributed by atoms with Gasteiger partial charge in [0.05, 0.1) is 11.4 Å². The van der Waals surface area contributed by atoms with Crippen LogP contribution in [0.4, 0.5) is 0 Å². The fraction of sp³-hybridized carbons (Fsp3) is 0.154. The molecule has 0 saturated carbocycles. The molecule has 0 spiro atoms. The molecule has 2 aromatic heterocycles. The van der Waals surface area contributed by atoms with E-state index in [0.29, 0.717) is 27.6 Å². The van der Waals surface area contributed by atoms with Crippen LogP contribution in [0.2, 0.25) is 5.02 Å². The standard InChI is InChI=1S/C26H24ClN3O2/c1-18(29(2)3)32-21-10-8-9-20(16-21)30-17-19(25-13-6-7-14-28-25)15-23(26(30)31)22-11-4-5-12-24(22)27/h4-18H,1-3H3. The number of benzene rings is 2. The zero-order chi connectivity index (χ0) is 22.7. The number of pyridine rings is 2. The maximum Gasteiger partial charge on any atom is 0.263 e. The number of ether oxygens (including phenoxy) is 1. The molecule has 1 unspecified atom stereocenters. The molecule has 0 aliphatic rings. The smallest absolute Gasteiger partial charge is 0.263 e. The van der Waals surface area contributed by atoms with Crippen molar-refractivity contribution in [3.05, 3.63) is 101 Å². The number of aromatic nitrogens is 2. The lowest BCUT2D eigenvalue weighted by Crippen LogP contribution is -2.30. The van der Waals surface area contributed by atoms with Gasteiger partial charge in [-0.3, -0.25) is 19.2 Å². The summed E-state index contributed by atoms with van der Waals surface area (Å²) in [4.78, 5) is 20.0. The van der Waals surface area contributed by atoms with Crippen molar-refractivity contribution in [2.24, 2.45) is 0 Å². The molecule has 5 nitrogen and oxygen atoms in total. The number of hydrogen-bond acceptors (Lipinski definition) is 4. The normalized spacial score (nSPS) is 12.0. The Morgan fingerprint density at radius 3 is 2.47 bits per heavy atom. The first kappa shape index (κ1) is 21.8. The monoisotopic (exact) mass is 445 g/mol. The number of hydrogen-bond donors (Lipinski definition) is 0. The Morgan fingerprint density at radius 2 is 1.75 bits per heavy atom. The van der Waals surface area contributed by atoms with Crippen LogP contribution in [0.5, 0.6) is 5.75 Å². The second kappa shape index (κ2) is 9.39. The summed E-state index contributed by atoms with van der Waals surface area (Å²) in [5.74, 6) is 0.679. The number of rotatable bonds is 6. The van der Waals surface area contributed by atoms with Crippen molar-refractivity contribution >= 4 is 11.6 Å². The highest BCUT2D eigenvalue weighted by Crippen LogP contribution is 2.29. The minimum absolute atomic E-state index is 0.111. The molecule has 0 N–H and O–H groups in total. The molecular weight excluding hydrogens is 422 g/mol. The van der Waals surface area contributed by atoms with Crippen molar-refractivity contribution in [3.8, 4) is 33.8 Å². The molecule has 6 heteroatoms. The molecule has 2 heterocycles. The molecule has 0 bridgehead atoms. The molecule has 0 saturated heterocycles. The predicted molar refractivity (Wildman–Crippen MR) is 129 cm³/mol. The van der Waals surface area contributed by atoms with E-state index in [0.717, 1.165) is 11.3 Å². The van der Waals surface area contributed by atoms with Crippen LogP contribution < -0.4 is 10.3 Å². The third kappa shape index (κ3) is 4.59. The van der Waals surface area contributed by atoms with E-state index in [4.69, 9.17) is 16.3 Å². The van der Waals surface area contributed by atoms with Gasteiger partial charge < -0.3 is 4.74 Å². The molecule has 0 aliphatic carbocycles. The zero-order valence-electron chi connectivity index (χ0n) is 18.2. The Morgan fingerprint density at radius 1 is 0.969 bits per heavy atom. The summed E-state index contributed by atoms with van der Waals surface area (Å²) in [7, 11) is 3.90. The molecule has 1 atom stereocenters. The average molecular weight is 446 g/mol. The fourth-order valence-corrected chi connectivity index (χ4v) is 3.57. The number of nitrogens with zero attached hydrogens (tertiary/aromatic N) is 3. The van der Waals surface area contributed by atoms with Crippen LogP contribution in [0, 0.1) is 0 Å². The van der Waals surface area contributed by atoms with Crippen LogP contribution in [0.3, 0.4) is 0 Å². The minimum Gasteiger partial charge on any atom is -0.475 e. The third-order valence-corrected chi connectivity index (χ3v) is 5.60. The summed E-state index contributed by atoms with van der Waals surface area (Å²) < 4.78 is 7.62. The summed E-state index contributed by atoms with van der Waals surface area (Å²) in [6.45, 7) is 1.97. The van der Waals surface area contributed by atoms with Crippen LogP contribution in [0.15, 0.2) is 90.0 Å². The summed E-state index contributed by atoms with van der Waals surface area (Å²) in [6.07, 6.45) is 3.43. The highest BCUT2D eigenvalue weighted by molar-refractivity contribution is 6.33. The maximum atomic E-state index is 13.6. The van der Waals surface area contributed by atoms with Crippen molar-refractivity contribution in [3.63, 3.8) is 0 Å². The van der Waals surface area contributed by atoms with Crippen molar-refractivity contribution in [2.75, 3.05) is 14.1 Å². The van der Waals surface area contributed by atoms with Crippen LogP contribution in [0.1, 0.15) is 6.92 Å². The van der Waals surface area contributed by atoms with E-state index in [-0.39, 0.29) is 11.8 Å². The Hall–Kier alpha value is -3.41. The Balaban J connectivity index is 1.90. The third-order valence-electron chi connectivity index (χ3n) is 5.27. The first-order valence-corrected chi connectivity index (χ1v) is 10.7. The van der Waals surface area contributed by atoms with Gasteiger partial charge in [0.2, 0.25) is 0 Å². The van der Waals surface area contributed by atoms with Crippen molar-refractivity contribution in [1.29, 1.82) is 0 Å². The molecule has 32 heavy (non-hydrogen) atoms. The van der Waals surface area contributed by atoms with E-state index in [1.165, 1.54) is 0 Å². The van der Waals surface area contributed by atoms with E-state index < -0.39 is 0 Å². The van der Waals surface area contributed by atoms with Gasteiger partial charge >= 0.3 is 0 Å². The summed E-state index contributed by atoms with van der Waals surface area (Å²) in [5, 5.41) is 0.520. The average Bonchev–Trinajstić information content (AvgIpc) is 2.80. The van der Waals surface area contributed by atoms with E-state index in [1.54, 1.807) is 23.0 Å². The minimum atomic E-state index is -0.171. The highest BCUT2D eigenvalue weighted by Gasteiger charge is 2.15. The molecule has 4 rings (SSSR count). The molecule has 2 aromatic carbocycles. The molecule has 0 radical (unpaired) electrons. The van der Waals surface area contributed by atoms with Crippen LogP contribution in [0.25, 0.3) is 28.1 Å². The van der Waals surface area contributed by atoms with Crippen molar-refractivity contribution in [2.45, 2.75) is 13.2 Å². The SMILES string of the molecule is CC(Oc1cccc(-n2cc(-c3ccccn3)cc(-c3ccccc3Cl)c2=O)c1)N(C)C. The Kier molecular flexibility index (Phi) is 6.40. The molecule has 162 valence electrons. The lowest BCUT2D eigenvalue weighted by Gasteiger charge is -2.21. The lowest BCUT2D eigenvalue weighted by molar-refractivity contribution is 0.0815. The van der Waals surface area contributed by atoms with E-state index in [9.17, 15) is 4.79 Å². The second-order valence-electron chi connectivity index (χ2n) is 7.69. The molecular formula is C26H24ClN3O2.